The number of hydrogen-bond donors (Lipinski definition) is 1. The Morgan fingerprint density at radius 2 is 2.06 bits per heavy atom. The van der Waals surface area contributed by atoms with E-state index in [2.05, 4.69) is 5.32 Å². The lowest BCUT2D eigenvalue weighted by atomic mass is 10.1. The molecule has 1 N–H and O–H groups in total. The monoisotopic (exact) mass is 243 g/mol. The summed E-state index contributed by atoms with van der Waals surface area (Å²) in [4.78, 5) is 0. The molecule has 1 unspecified atom stereocenters. The van der Waals surface area contributed by atoms with Gasteiger partial charge in [0, 0.05) is 11.6 Å². The molecule has 1 aromatic rings. The van der Waals surface area contributed by atoms with Crippen LogP contribution in [0.25, 0.3) is 0 Å². The smallest absolute Gasteiger partial charge is 0.156 e. The Bertz CT molecular complexity index is 469. The van der Waals surface area contributed by atoms with Crippen LogP contribution in [0.1, 0.15) is 12.0 Å². The van der Waals surface area contributed by atoms with E-state index in [-0.39, 0.29) is 23.1 Å². The SMILES string of the molecule is O=S(=O)(Cc1ccccc1F)CC1CCN1. The summed E-state index contributed by atoms with van der Waals surface area (Å²) in [6.45, 7) is 0.875. The van der Waals surface area contributed by atoms with Crippen molar-refractivity contribution in [2.45, 2.75) is 18.2 Å². The first kappa shape index (κ1) is 11.5. The summed E-state index contributed by atoms with van der Waals surface area (Å²) in [6.07, 6.45) is 0.885. The van der Waals surface area contributed by atoms with Crippen molar-refractivity contribution in [3.05, 3.63) is 35.6 Å². The molecule has 1 aliphatic heterocycles. The van der Waals surface area contributed by atoms with Gasteiger partial charge in [0.2, 0.25) is 0 Å². The molecule has 0 bridgehead atoms. The highest BCUT2D eigenvalue weighted by Gasteiger charge is 2.24. The van der Waals surface area contributed by atoms with Crippen molar-refractivity contribution in [3.8, 4) is 0 Å². The van der Waals surface area contributed by atoms with Crippen molar-refractivity contribution in [1.82, 2.24) is 5.32 Å². The van der Waals surface area contributed by atoms with Gasteiger partial charge in [0.25, 0.3) is 0 Å². The van der Waals surface area contributed by atoms with Gasteiger partial charge >= 0.3 is 0 Å². The highest BCUT2D eigenvalue weighted by atomic mass is 32.2. The van der Waals surface area contributed by atoms with E-state index in [9.17, 15) is 12.8 Å². The third kappa shape index (κ3) is 2.80. The molecule has 1 saturated heterocycles. The zero-order valence-corrected chi connectivity index (χ0v) is 9.63. The Kier molecular flexibility index (Phi) is 3.25. The second kappa shape index (κ2) is 4.51. The largest absolute Gasteiger partial charge is 0.313 e. The van der Waals surface area contributed by atoms with Crippen LogP contribution in [0.15, 0.2) is 24.3 Å². The highest BCUT2D eigenvalue weighted by Crippen LogP contribution is 2.14. The van der Waals surface area contributed by atoms with Gasteiger partial charge in [0.1, 0.15) is 5.82 Å². The Morgan fingerprint density at radius 3 is 2.62 bits per heavy atom. The van der Waals surface area contributed by atoms with Crippen LogP contribution in [0.4, 0.5) is 4.39 Å². The summed E-state index contributed by atoms with van der Waals surface area (Å²) in [6, 6.07) is 6.05. The number of nitrogens with one attached hydrogen (secondary N) is 1. The van der Waals surface area contributed by atoms with E-state index in [1.807, 2.05) is 0 Å². The van der Waals surface area contributed by atoms with Gasteiger partial charge in [-0.1, -0.05) is 18.2 Å². The summed E-state index contributed by atoms with van der Waals surface area (Å²) in [5.41, 5.74) is 0.252. The molecule has 0 saturated carbocycles. The minimum atomic E-state index is -3.22. The molecule has 1 heterocycles. The standard InChI is InChI=1S/C11H14FNO2S/c12-11-4-2-1-3-9(11)7-16(14,15)8-10-5-6-13-10/h1-4,10,13H,5-8H2. The van der Waals surface area contributed by atoms with E-state index >= 15 is 0 Å². The second-order valence-electron chi connectivity index (χ2n) is 4.09. The topological polar surface area (TPSA) is 46.2 Å². The van der Waals surface area contributed by atoms with Crippen LogP contribution in [0, 0.1) is 5.82 Å². The van der Waals surface area contributed by atoms with Crippen LogP contribution in [-0.4, -0.2) is 26.8 Å². The molecule has 0 amide bonds. The van der Waals surface area contributed by atoms with E-state index in [1.54, 1.807) is 12.1 Å². The van der Waals surface area contributed by atoms with Gasteiger partial charge in [-0.15, -0.1) is 0 Å². The second-order valence-corrected chi connectivity index (χ2v) is 6.19. The summed E-state index contributed by atoms with van der Waals surface area (Å²) in [7, 11) is -3.22. The van der Waals surface area contributed by atoms with E-state index in [0.29, 0.717) is 0 Å². The maximum absolute atomic E-state index is 13.3. The lowest BCUT2D eigenvalue weighted by Gasteiger charge is -2.27. The fraction of sp³-hybridized carbons (Fsp3) is 0.455. The maximum Gasteiger partial charge on any atom is 0.156 e. The van der Waals surface area contributed by atoms with Crippen LogP contribution >= 0.6 is 0 Å². The normalized spacial score (nSPS) is 20.4. The van der Waals surface area contributed by atoms with Crippen molar-refractivity contribution in [1.29, 1.82) is 0 Å². The summed E-state index contributed by atoms with van der Waals surface area (Å²) in [5, 5.41) is 3.03. The quantitative estimate of drug-likeness (QED) is 0.861. The fourth-order valence-corrected chi connectivity index (χ4v) is 3.43. The summed E-state index contributed by atoms with van der Waals surface area (Å²) in [5.74, 6) is -0.563. The predicted molar refractivity (Wildman–Crippen MR) is 60.3 cm³/mol. The van der Waals surface area contributed by atoms with Crippen LogP contribution < -0.4 is 5.32 Å². The van der Waals surface area contributed by atoms with Crippen molar-refractivity contribution >= 4 is 9.84 Å². The van der Waals surface area contributed by atoms with Gasteiger partial charge in [-0.3, -0.25) is 0 Å². The number of benzene rings is 1. The van der Waals surface area contributed by atoms with Crippen molar-refractivity contribution < 1.29 is 12.8 Å². The van der Waals surface area contributed by atoms with Crippen LogP contribution in [-0.2, 0) is 15.6 Å². The van der Waals surface area contributed by atoms with Gasteiger partial charge in [-0.25, -0.2) is 12.8 Å². The fourth-order valence-electron chi connectivity index (χ4n) is 1.71. The zero-order valence-electron chi connectivity index (χ0n) is 8.82. The highest BCUT2D eigenvalue weighted by molar-refractivity contribution is 7.90. The first-order valence-electron chi connectivity index (χ1n) is 5.24. The average Bonchev–Trinajstić information content (AvgIpc) is 2.16. The zero-order chi connectivity index (χ0) is 11.6. The van der Waals surface area contributed by atoms with Crippen molar-refractivity contribution in [2.75, 3.05) is 12.3 Å². The Labute approximate surface area is 94.6 Å². The molecule has 3 nitrogen and oxygen atoms in total. The number of rotatable bonds is 4. The van der Waals surface area contributed by atoms with E-state index in [0.717, 1.165) is 13.0 Å². The molecule has 16 heavy (non-hydrogen) atoms. The van der Waals surface area contributed by atoms with Gasteiger partial charge in [-0.2, -0.15) is 0 Å². The average molecular weight is 243 g/mol. The molecule has 1 aliphatic rings. The molecule has 1 aromatic carbocycles. The van der Waals surface area contributed by atoms with Crippen LogP contribution in [0.5, 0.6) is 0 Å². The van der Waals surface area contributed by atoms with Crippen LogP contribution in [0.2, 0.25) is 0 Å². The van der Waals surface area contributed by atoms with Crippen LogP contribution in [0.3, 0.4) is 0 Å². The third-order valence-corrected chi connectivity index (χ3v) is 4.38. The Morgan fingerprint density at radius 1 is 1.38 bits per heavy atom. The molecular weight excluding hydrogens is 229 g/mol. The van der Waals surface area contributed by atoms with Gasteiger partial charge in [0.05, 0.1) is 11.5 Å². The predicted octanol–water partition coefficient (Wildman–Crippen LogP) is 1.10. The van der Waals surface area contributed by atoms with Gasteiger partial charge in [-0.05, 0) is 19.0 Å². The Balaban J connectivity index is 2.05. The molecule has 88 valence electrons. The molecule has 0 aliphatic carbocycles. The molecule has 0 aromatic heterocycles. The van der Waals surface area contributed by atoms with E-state index in [4.69, 9.17) is 0 Å². The molecule has 5 heteroatoms. The van der Waals surface area contributed by atoms with E-state index in [1.165, 1.54) is 12.1 Å². The molecule has 0 spiro atoms. The first-order chi connectivity index (χ1) is 7.57. The number of sulfone groups is 1. The van der Waals surface area contributed by atoms with Crippen molar-refractivity contribution in [2.24, 2.45) is 0 Å². The minimum Gasteiger partial charge on any atom is -0.313 e. The maximum atomic E-state index is 13.3. The third-order valence-electron chi connectivity index (χ3n) is 2.71. The number of halogens is 1. The molecule has 1 fully saturated rings. The van der Waals surface area contributed by atoms with Crippen molar-refractivity contribution in [3.63, 3.8) is 0 Å². The summed E-state index contributed by atoms with van der Waals surface area (Å²) >= 11 is 0. The molecular formula is C11H14FNO2S. The van der Waals surface area contributed by atoms with Gasteiger partial charge < -0.3 is 5.32 Å². The number of hydrogen-bond acceptors (Lipinski definition) is 3. The summed E-state index contributed by atoms with van der Waals surface area (Å²) < 4.78 is 36.8. The molecule has 0 radical (unpaired) electrons. The van der Waals surface area contributed by atoms with Gasteiger partial charge in [0.15, 0.2) is 9.84 Å². The molecule has 1 atom stereocenters. The minimum absolute atomic E-state index is 0.0526. The first-order valence-corrected chi connectivity index (χ1v) is 7.06. The lowest BCUT2D eigenvalue weighted by Crippen LogP contribution is -2.47. The van der Waals surface area contributed by atoms with E-state index < -0.39 is 15.7 Å². The lowest BCUT2D eigenvalue weighted by molar-refractivity contribution is 0.398. The molecule has 2 rings (SSSR count). The Hall–Kier alpha value is -0.940.